The Balaban J connectivity index is 1.85. The molecule has 0 amide bonds. The molecule has 4 aromatic rings. The van der Waals surface area contributed by atoms with E-state index in [0.717, 1.165) is 32.3 Å². The molecule has 0 saturated heterocycles. The van der Waals surface area contributed by atoms with E-state index < -0.39 is 11.6 Å². The highest BCUT2D eigenvalue weighted by Crippen LogP contribution is 2.53. The Morgan fingerprint density at radius 1 is 0.812 bits per heavy atom. The normalized spacial score (nSPS) is 13.3. The van der Waals surface area contributed by atoms with E-state index in [-0.39, 0.29) is 0 Å². The van der Waals surface area contributed by atoms with Crippen LogP contribution in [0.25, 0.3) is 22.3 Å². The Morgan fingerprint density at radius 2 is 1.38 bits per heavy atom. The Bertz CT molecular complexity index is 1330. The van der Waals surface area contributed by atoms with Crippen LogP contribution in [0, 0.1) is 0 Å². The summed E-state index contributed by atoms with van der Waals surface area (Å²) in [5.74, 6) is -0.486. The average molecular weight is 481 g/mol. The van der Waals surface area contributed by atoms with E-state index in [1.54, 1.807) is 18.2 Å². The highest BCUT2D eigenvalue weighted by Gasteiger charge is 2.44. The average Bonchev–Trinajstić information content (AvgIpc) is 3.08. The fraction of sp³-hybridized carbons (Fsp3) is 0.0741. The van der Waals surface area contributed by atoms with Gasteiger partial charge in [-0.3, -0.25) is 0 Å². The predicted octanol–water partition coefficient (Wildman–Crippen LogP) is 4.96. The summed E-state index contributed by atoms with van der Waals surface area (Å²) in [6.45, 7) is 0. The van der Waals surface area contributed by atoms with Crippen LogP contribution in [0.3, 0.4) is 0 Å². The van der Waals surface area contributed by atoms with Crippen molar-refractivity contribution < 1.29 is 14.6 Å². The van der Waals surface area contributed by atoms with Crippen LogP contribution in [-0.4, -0.2) is 26.0 Å². The van der Waals surface area contributed by atoms with Crippen molar-refractivity contribution in [2.24, 2.45) is 0 Å². The number of halogens is 1. The van der Waals surface area contributed by atoms with E-state index in [2.05, 4.69) is 15.9 Å². The molecule has 5 rings (SSSR count). The number of hydrogen-bond acceptors (Lipinski definition) is 3. The lowest BCUT2D eigenvalue weighted by atomic mass is 9.79. The summed E-state index contributed by atoms with van der Waals surface area (Å²) in [6.07, 6.45) is 0. The molecule has 0 aliphatic heterocycles. The Morgan fingerprint density at radius 3 is 2.00 bits per heavy atom. The molecule has 0 fully saturated rings. The first kappa shape index (κ1) is 20.7. The van der Waals surface area contributed by atoms with Crippen LogP contribution in [0.15, 0.2) is 89.4 Å². The molecule has 0 heterocycles. The maximum Gasteiger partial charge on any atom is 0.338 e. The summed E-state index contributed by atoms with van der Waals surface area (Å²) in [5.41, 5.74) is 5.02. The SMILES string of the molecule is [B]c1ccc(-c2ccc(Br)cc2C2(O)c3ccccc3-c3ccccc32)c(C(=O)OC)c1. The van der Waals surface area contributed by atoms with Gasteiger partial charge in [-0.05, 0) is 34.4 Å². The smallest absolute Gasteiger partial charge is 0.338 e. The standard InChI is InChI=1S/C27H18BBrO3/c1-32-26(30)22-14-16(28)10-12-18(22)21-13-11-17(29)15-25(21)27(31)23-8-4-2-6-19(23)20-7-3-5-9-24(20)27/h2-15,31H,1H3. The summed E-state index contributed by atoms with van der Waals surface area (Å²) >= 11 is 3.57. The molecular formula is C27H18BBrO3. The lowest BCUT2D eigenvalue weighted by Gasteiger charge is -2.29. The van der Waals surface area contributed by atoms with Crippen LogP contribution in [-0.2, 0) is 10.3 Å². The number of carbonyl (C=O) groups is 1. The molecule has 0 saturated carbocycles. The van der Waals surface area contributed by atoms with Gasteiger partial charge in [0, 0.05) is 21.2 Å². The molecule has 1 N–H and O–H groups in total. The molecule has 0 atom stereocenters. The number of esters is 1. The molecular weight excluding hydrogens is 463 g/mol. The topological polar surface area (TPSA) is 46.5 Å². The maximum absolute atomic E-state index is 12.6. The molecule has 4 aromatic carbocycles. The predicted molar refractivity (Wildman–Crippen MR) is 130 cm³/mol. The molecule has 1 aliphatic carbocycles. The monoisotopic (exact) mass is 480 g/mol. The van der Waals surface area contributed by atoms with Gasteiger partial charge in [-0.1, -0.05) is 94.2 Å². The van der Waals surface area contributed by atoms with Crippen molar-refractivity contribution in [1.29, 1.82) is 0 Å². The Kier molecular flexibility index (Phi) is 5.03. The largest absolute Gasteiger partial charge is 0.465 e. The molecule has 0 spiro atoms. The molecule has 3 nitrogen and oxygen atoms in total. The van der Waals surface area contributed by atoms with Crippen molar-refractivity contribution in [3.8, 4) is 22.3 Å². The molecule has 0 aromatic heterocycles. The van der Waals surface area contributed by atoms with Crippen LogP contribution in [0.1, 0.15) is 27.0 Å². The van der Waals surface area contributed by atoms with Crippen molar-refractivity contribution in [2.75, 3.05) is 7.11 Å². The van der Waals surface area contributed by atoms with Gasteiger partial charge in [0.1, 0.15) is 13.4 Å². The molecule has 2 radical (unpaired) electrons. The number of methoxy groups -OCH3 is 1. The van der Waals surface area contributed by atoms with Gasteiger partial charge in [0.2, 0.25) is 0 Å². The Hall–Kier alpha value is -3.15. The zero-order valence-corrected chi connectivity index (χ0v) is 18.9. The third-order valence-electron chi connectivity index (χ3n) is 6.03. The number of carbonyl (C=O) groups excluding carboxylic acids is 1. The summed E-state index contributed by atoms with van der Waals surface area (Å²) in [6, 6.07) is 26.6. The molecule has 0 bridgehead atoms. The van der Waals surface area contributed by atoms with E-state index in [9.17, 15) is 9.90 Å². The molecule has 32 heavy (non-hydrogen) atoms. The number of hydrogen-bond donors (Lipinski definition) is 1. The third-order valence-corrected chi connectivity index (χ3v) is 6.53. The summed E-state index contributed by atoms with van der Waals surface area (Å²) in [4.78, 5) is 12.6. The van der Waals surface area contributed by atoms with Gasteiger partial charge in [-0.15, -0.1) is 0 Å². The minimum absolute atomic E-state index is 0.347. The first-order chi connectivity index (χ1) is 15.4. The van der Waals surface area contributed by atoms with Crippen LogP contribution in [0.4, 0.5) is 0 Å². The van der Waals surface area contributed by atoms with Crippen LogP contribution in [0.2, 0.25) is 0 Å². The maximum atomic E-state index is 12.6. The summed E-state index contributed by atoms with van der Waals surface area (Å²) in [7, 11) is 7.31. The van der Waals surface area contributed by atoms with Crippen molar-refractivity contribution in [3.63, 3.8) is 0 Å². The highest BCUT2D eigenvalue weighted by atomic mass is 79.9. The number of ether oxygens (including phenoxy) is 1. The van der Waals surface area contributed by atoms with Gasteiger partial charge in [0.25, 0.3) is 0 Å². The zero-order valence-electron chi connectivity index (χ0n) is 17.3. The van der Waals surface area contributed by atoms with Gasteiger partial charge in [-0.2, -0.15) is 0 Å². The first-order valence-corrected chi connectivity index (χ1v) is 10.9. The van der Waals surface area contributed by atoms with Crippen molar-refractivity contribution in [3.05, 3.63) is 112 Å². The van der Waals surface area contributed by atoms with Crippen molar-refractivity contribution in [2.45, 2.75) is 5.60 Å². The van der Waals surface area contributed by atoms with Gasteiger partial charge < -0.3 is 9.84 Å². The lowest BCUT2D eigenvalue weighted by Crippen LogP contribution is -2.27. The van der Waals surface area contributed by atoms with Gasteiger partial charge >= 0.3 is 5.97 Å². The minimum Gasteiger partial charge on any atom is -0.465 e. The number of rotatable bonds is 3. The van der Waals surface area contributed by atoms with Gasteiger partial charge in [0.05, 0.1) is 12.7 Å². The second-order valence-corrected chi connectivity index (χ2v) is 8.70. The van der Waals surface area contributed by atoms with Crippen molar-refractivity contribution >= 4 is 35.2 Å². The number of aliphatic hydroxyl groups is 1. The zero-order chi connectivity index (χ0) is 22.5. The summed E-state index contributed by atoms with van der Waals surface area (Å²) in [5, 5.41) is 12.4. The molecule has 5 heteroatoms. The van der Waals surface area contributed by atoms with Gasteiger partial charge in [-0.25, -0.2) is 4.79 Å². The van der Waals surface area contributed by atoms with Crippen LogP contribution < -0.4 is 5.46 Å². The van der Waals surface area contributed by atoms with E-state index >= 15 is 0 Å². The Labute approximate surface area is 196 Å². The van der Waals surface area contributed by atoms with Crippen LogP contribution >= 0.6 is 15.9 Å². The van der Waals surface area contributed by atoms with E-state index in [4.69, 9.17) is 12.6 Å². The van der Waals surface area contributed by atoms with Crippen LogP contribution in [0.5, 0.6) is 0 Å². The summed E-state index contributed by atoms with van der Waals surface area (Å²) < 4.78 is 5.83. The second kappa shape index (κ2) is 7.77. The number of benzene rings is 4. The molecule has 1 aliphatic rings. The lowest BCUT2D eigenvalue weighted by molar-refractivity contribution is 0.0601. The van der Waals surface area contributed by atoms with E-state index in [1.165, 1.54) is 7.11 Å². The first-order valence-electron chi connectivity index (χ1n) is 10.1. The molecule has 154 valence electrons. The highest BCUT2D eigenvalue weighted by molar-refractivity contribution is 9.10. The third kappa shape index (κ3) is 3.04. The quantitative estimate of drug-likeness (QED) is 0.333. The van der Waals surface area contributed by atoms with E-state index in [0.29, 0.717) is 22.2 Å². The van der Waals surface area contributed by atoms with E-state index in [1.807, 2.05) is 66.7 Å². The van der Waals surface area contributed by atoms with Gasteiger partial charge in [0.15, 0.2) is 0 Å². The fourth-order valence-electron chi connectivity index (χ4n) is 4.63. The fourth-order valence-corrected chi connectivity index (χ4v) is 4.99. The minimum atomic E-state index is -1.40. The second-order valence-electron chi connectivity index (χ2n) is 7.79. The molecule has 0 unspecified atom stereocenters. The number of fused-ring (bicyclic) bond motifs is 3. The van der Waals surface area contributed by atoms with Crippen molar-refractivity contribution in [1.82, 2.24) is 0 Å².